The lowest BCUT2D eigenvalue weighted by Crippen LogP contribution is -2.29. The molecule has 2 saturated carbocycles. The second kappa shape index (κ2) is 21.5. The number of rotatable bonds is 25. The fourth-order valence-electron chi connectivity index (χ4n) is 6.78. The van der Waals surface area contributed by atoms with E-state index in [0.717, 1.165) is 70.3 Å². The van der Waals surface area contributed by atoms with Gasteiger partial charge in [-0.3, -0.25) is 29.8 Å². The van der Waals surface area contributed by atoms with Crippen LogP contribution in [0.15, 0.2) is 66.8 Å². The Kier molecular flexibility index (Phi) is 16.4. The summed E-state index contributed by atoms with van der Waals surface area (Å²) in [5.41, 5.74) is 3.07. The Labute approximate surface area is 360 Å². The van der Waals surface area contributed by atoms with E-state index in [1.165, 1.54) is 12.8 Å². The third-order valence-corrected chi connectivity index (χ3v) is 15.2. The zero-order valence-electron chi connectivity index (χ0n) is 33.6. The van der Waals surface area contributed by atoms with E-state index in [9.17, 15) is 27.6 Å². The molecule has 0 spiro atoms. The summed E-state index contributed by atoms with van der Waals surface area (Å²) in [6, 6.07) is 13.9. The molecule has 2 aromatic rings. The zero-order chi connectivity index (χ0) is 41.9. The van der Waals surface area contributed by atoms with Gasteiger partial charge >= 0.3 is 0 Å². The molecule has 2 aliphatic carbocycles. The highest BCUT2D eigenvalue weighted by Crippen LogP contribution is 2.49. The van der Waals surface area contributed by atoms with Gasteiger partial charge in [0.2, 0.25) is 21.8 Å². The van der Waals surface area contributed by atoms with Crippen LogP contribution in [0.4, 0.5) is 9.59 Å². The Morgan fingerprint density at radius 2 is 1.53 bits per heavy atom. The topological polar surface area (TPSA) is 169 Å². The van der Waals surface area contributed by atoms with Crippen molar-refractivity contribution < 1.29 is 41.8 Å². The summed E-state index contributed by atoms with van der Waals surface area (Å²) in [6.07, 6.45) is 12.8. The van der Waals surface area contributed by atoms with Crippen LogP contribution in [0.3, 0.4) is 0 Å². The third-order valence-electron chi connectivity index (χ3n) is 10.5. The van der Waals surface area contributed by atoms with Crippen molar-refractivity contribution in [3.63, 3.8) is 0 Å². The van der Waals surface area contributed by atoms with Crippen LogP contribution >= 0.6 is 35.5 Å². The highest BCUT2D eigenvalue weighted by molar-refractivity contribution is 8.15. The minimum absolute atomic E-state index is 0.0527. The van der Waals surface area contributed by atoms with Crippen LogP contribution in [0.2, 0.25) is 0 Å². The summed E-state index contributed by atoms with van der Waals surface area (Å²) in [7, 11) is -1.93. The summed E-state index contributed by atoms with van der Waals surface area (Å²) in [4.78, 5) is 46.3. The van der Waals surface area contributed by atoms with Gasteiger partial charge in [0.15, 0.2) is 0 Å². The van der Waals surface area contributed by atoms with Crippen molar-refractivity contribution in [3.8, 4) is 11.5 Å². The van der Waals surface area contributed by atoms with Gasteiger partial charge in [-0.05, 0) is 112 Å². The van der Waals surface area contributed by atoms with Gasteiger partial charge in [0, 0.05) is 30.9 Å². The van der Waals surface area contributed by atoms with Gasteiger partial charge in [0.25, 0.3) is 10.5 Å². The molecule has 4 amide bonds. The minimum atomic E-state index is -3.61. The van der Waals surface area contributed by atoms with E-state index in [-0.39, 0.29) is 51.7 Å². The number of methoxy groups -OCH3 is 1. The van der Waals surface area contributed by atoms with Crippen molar-refractivity contribution in [2.24, 2.45) is 11.8 Å². The number of sulfonamides is 1. The number of imide groups is 2. The molecular formula is C42H54N4O9S4. The number of amides is 4. The predicted octanol–water partition coefficient (Wildman–Crippen LogP) is 7.63. The molecule has 13 nitrogen and oxygen atoms in total. The van der Waals surface area contributed by atoms with E-state index in [1.54, 1.807) is 31.2 Å². The molecule has 2 aliphatic heterocycles. The van der Waals surface area contributed by atoms with Crippen molar-refractivity contribution >= 4 is 67.8 Å². The normalized spacial score (nSPS) is 23.0. The van der Waals surface area contributed by atoms with Crippen LogP contribution in [-0.4, -0.2) is 84.1 Å². The Morgan fingerprint density at radius 1 is 0.864 bits per heavy atom. The molecule has 6 rings (SSSR count). The maximum absolute atomic E-state index is 13.1. The lowest BCUT2D eigenvalue weighted by molar-refractivity contribution is -0.119. The first kappa shape index (κ1) is 45.2. The molecule has 2 heterocycles. The Hall–Kier alpha value is -3.32. The van der Waals surface area contributed by atoms with E-state index in [2.05, 4.69) is 56.9 Å². The van der Waals surface area contributed by atoms with Gasteiger partial charge in [-0.2, -0.15) is 0 Å². The number of allylic oxidation sites excluding steroid dienone is 4. The van der Waals surface area contributed by atoms with Crippen LogP contribution < -0.4 is 24.8 Å². The van der Waals surface area contributed by atoms with Crippen molar-refractivity contribution in [1.29, 1.82) is 0 Å². The zero-order valence-corrected chi connectivity index (χ0v) is 36.9. The van der Waals surface area contributed by atoms with E-state index in [0.29, 0.717) is 44.6 Å². The molecule has 2 aromatic carbocycles. The first-order valence-corrected chi connectivity index (χ1v) is 24.4. The quantitative estimate of drug-likeness (QED) is 0.0386. The van der Waals surface area contributed by atoms with Gasteiger partial charge in [0.1, 0.15) is 18.2 Å². The molecule has 4 fully saturated rings. The molecular weight excluding hydrogens is 833 g/mol. The minimum Gasteiger partial charge on any atom is -0.493 e. The summed E-state index contributed by atoms with van der Waals surface area (Å²) < 4.78 is 49.3. The van der Waals surface area contributed by atoms with Gasteiger partial charge < -0.3 is 14.2 Å². The monoisotopic (exact) mass is 886 g/mol. The number of hydrogen-bond acceptors (Lipinski definition) is 13. The molecule has 320 valence electrons. The third kappa shape index (κ3) is 14.1. The SMILES string of the molecule is COCN(SCC/C=C/CC1SC(=O)NC1=O)[C@H](C)c1cccc(OCC2CC2c2cc(OCC3CC3)cc([C@@H](C)NS(=O)(=O)CC/C=C/CC3SC(=O)NC3=O)c2)c1. The largest absolute Gasteiger partial charge is 0.493 e. The van der Waals surface area contributed by atoms with E-state index in [4.69, 9.17) is 14.2 Å². The standard InChI is InChI=1S/C42H54N4O9S4/c1-27(45-59(51,52)18-9-5-7-14-38-40(48)44-42(50)58-38)31-19-32(22-35(21-31)54-24-29-15-16-29)36-23-33(36)25-55-34-12-10-11-30(20-34)28(2)46(26-53-3)56-17-8-4-6-13-37-39(47)43-41(49)57-37/h4-7,10-12,19-22,27-29,33,36-38,45H,8-9,13-18,23-26H2,1-3H3,(H,43,47,49)(H,44,48,50)/b6-4+,7-5+/t27-,28-,33?,36?,37?,38?/m1/s1. The number of nitrogens with zero attached hydrogens (tertiary/aromatic N) is 1. The molecule has 4 unspecified atom stereocenters. The maximum atomic E-state index is 13.1. The molecule has 2 saturated heterocycles. The Bertz CT molecular complexity index is 1990. The fraction of sp³-hybridized carbons (Fsp3) is 0.524. The second-order valence-electron chi connectivity index (χ2n) is 15.3. The summed E-state index contributed by atoms with van der Waals surface area (Å²) in [6.45, 7) is 5.64. The lowest BCUT2D eigenvalue weighted by Gasteiger charge is -2.27. The van der Waals surface area contributed by atoms with Crippen LogP contribution in [0.25, 0.3) is 0 Å². The van der Waals surface area contributed by atoms with Crippen LogP contribution in [0.5, 0.6) is 11.5 Å². The highest BCUT2D eigenvalue weighted by atomic mass is 32.2. The van der Waals surface area contributed by atoms with Crippen molar-refractivity contribution in [2.45, 2.75) is 87.3 Å². The van der Waals surface area contributed by atoms with Crippen molar-refractivity contribution in [2.75, 3.05) is 38.6 Å². The van der Waals surface area contributed by atoms with Gasteiger partial charge in [-0.25, -0.2) is 17.4 Å². The lowest BCUT2D eigenvalue weighted by atomic mass is 10.0. The van der Waals surface area contributed by atoms with Crippen molar-refractivity contribution in [1.82, 2.24) is 19.7 Å². The fourth-order valence-corrected chi connectivity index (χ4v) is 10.6. The molecule has 0 radical (unpaired) electrons. The van der Waals surface area contributed by atoms with Gasteiger partial charge in [-0.15, -0.1) is 0 Å². The Balaban J connectivity index is 0.991. The average Bonchev–Trinajstić information content (AvgIpc) is 4.13. The number of carbonyl (C=O) groups excluding carboxylic acids is 4. The van der Waals surface area contributed by atoms with Crippen LogP contribution in [0, 0.1) is 11.8 Å². The molecule has 3 N–H and O–H groups in total. The number of thioether (sulfide) groups is 2. The number of ether oxygens (including phenoxy) is 3. The second-order valence-corrected chi connectivity index (χ2v) is 20.7. The number of nitrogens with one attached hydrogen (secondary N) is 3. The average molecular weight is 887 g/mol. The van der Waals surface area contributed by atoms with E-state index < -0.39 is 21.3 Å². The predicted molar refractivity (Wildman–Crippen MR) is 234 cm³/mol. The highest BCUT2D eigenvalue weighted by Gasteiger charge is 2.40. The molecule has 6 atom stereocenters. The number of carbonyl (C=O) groups is 4. The van der Waals surface area contributed by atoms with Crippen molar-refractivity contribution in [3.05, 3.63) is 83.5 Å². The van der Waals surface area contributed by atoms with Gasteiger partial charge in [-0.1, -0.05) is 78.0 Å². The molecule has 59 heavy (non-hydrogen) atoms. The van der Waals surface area contributed by atoms with Crippen LogP contribution in [-0.2, 0) is 24.3 Å². The molecule has 17 heteroatoms. The number of hydrogen-bond donors (Lipinski definition) is 3. The summed E-state index contributed by atoms with van der Waals surface area (Å²) >= 11 is 3.69. The van der Waals surface area contributed by atoms with E-state index in [1.807, 2.05) is 31.2 Å². The summed E-state index contributed by atoms with van der Waals surface area (Å²) in [5.74, 6) is 2.90. The molecule has 4 aliphatic rings. The molecule has 0 aromatic heterocycles. The van der Waals surface area contributed by atoms with E-state index >= 15 is 0 Å². The van der Waals surface area contributed by atoms with Crippen LogP contribution in [0.1, 0.15) is 93.5 Å². The summed E-state index contributed by atoms with van der Waals surface area (Å²) in [5, 5.41) is 3.12. The first-order valence-electron chi connectivity index (χ1n) is 20.1. The maximum Gasteiger partial charge on any atom is 0.286 e. The Morgan fingerprint density at radius 3 is 2.17 bits per heavy atom. The first-order chi connectivity index (χ1) is 28.4. The smallest absolute Gasteiger partial charge is 0.286 e. The number of benzene rings is 2. The molecule has 0 bridgehead atoms. The van der Waals surface area contributed by atoms with Gasteiger partial charge in [0.05, 0.1) is 29.5 Å².